The number of hydrogen-bond acceptors (Lipinski definition) is 2. The number of rotatable bonds is 5. The molecule has 0 saturated heterocycles. The molecule has 1 N–H and O–H groups in total. The third kappa shape index (κ3) is 3.97. The standard InChI is InChI=1S/C12H25NO/c1-3-7-12(14)10-13(2)11-8-5-4-6-9-11/h11-12,14H,3-10H2,1-2H3. The van der Waals surface area contributed by atoms with E-state index < -0.39 is 0 Å². The zero-order valence-corrected chi connectivity index (χ0v) is 9.71. The summed E-state index contributed by atoms with van der Waals surface area (Å²) < 4.78 is 0. The van der Waals surface area contributed by atoms with Crippen LogP contribution < -0.4 is 0 Å². The second-order valence-electron chi connectivity index (χ2n) is 4.67. The quantitative estimate of drug-likeness (QED) is 0.735. The molecule has 2 nitrogen and oxygen atoms in total. The molecule has 0 bridgehead atoms. The normalized spacial score (nSPS) is 21.4. The molecule has 0 aromatic rings. The van der Waals surface area contributed by atoms with Crippen molar-refractivity contribution in [1.82, 2.24) is 4.90 Å². The fraction of sp³-hybridized carbons (Fsp3) is 1.00. The van der Waals surface area contributed by atoms with E-state index in [9.17, 15) is 5.11 Å². The van der Waals surface area contributed by atoms with Gasteiger partial charge in [-0.1, -0.05) is 32.6 Å². The van der Waals surface area contributed by atoms with Gasteiger partial charge in [-0.2, -0.15) is 0 Å². The maximum Gasteiger partial charge on any atom is 0.0667 e. The van der Waals surface area contributed by atoms with Crippen molar-refractivity contribution in [2.75, 3.05) is 13.6 Å². The molecule has 0 aromatic heterocycles. The Morgan fingerprint density at radius 3 is 2.50 bits per heavy atom. The highest BCUT2D eigenvalue weighted by molar-refractivity contribution is 4.75. The van der Waals surface area contributed by atoms with Crippen molar-refractivity contribution in [3.8, 4) is 0 Å². The van der Waals surface area contributed by atoms with Crippen molar-refractivity contribution in [2.24, 2.45) is 0 Å². The van der Waals surface area contributed by atoms with Crippen molar-refractivity contribution >= 4 is 0 Å². The summed E-state index contributed by atoms with van der Waals surface area (Å²) in [5.74, 6) is 0. The average Bonchev–Trinajstić information content (AvgIpc) is 2.19. The fourth-order valence-corrected chi connectivity index (χ4v) is 2.43. The third-order valence-corrected chi connectivity index (χ3v) is 3.32. The summed E-state index contributed by atoms with van der Waals surface area (Å²) in [5.41, 5.74) is 0. The summed E-state index contributed by atoms with van der Waals surface area (Å²) in [4.78, 5) is 2.36. The van der Waals surface area contributed by atoms with Gasteiger partial charge in [0.05, 0.1) is 6.10 Å². The van der Waals surface area contributed by atoms with Crippen LogP contribution in [-0.2, 0) is 0 Å². The van der Waals surface area contributed by atoms with E-state index in [0.717, 1.165) is 25.4 Å². The van der Waals surface area contributed by atoms with Crippen molar-refractivity contribution in [3.63, 3.8) is 0 Å². The van der Waals surface area contributed by atoms with Gasteiger partial charge in [0.1, 0.15) is 0 Å². The minimum atomic E-state index is -0.119. The Morgan fingerprint density at radius 1 is 1.29 bits per heavy atom. The van der Waals surface area contributed by atoms with Crippen molar-refractivity contribution in [1.29, 1.82) is 0 Å². The van der Waals surface area contributed by atoms with E-state index in [1.54, 1.807) is 0 Å². The summed E-state index contributed by atoms with van der Waals surface area (Å²) in [6, 6.07) is 0.732. The minimum Gasteiger partial charge on any atom is -0.392 e. The van der Waals surface area contributed by atoms with Crippen LogP contribution in [0.15, 0.2) is 0 Å². The Bertz CT molecular complexity index is 143. The van der Waals surface area contributed by atoms with Gasteiger partial charge in [0.2, 0.25) is 0 Å². The molecule has 0 aliphatic heterocycles. The Labute approximate surface area is 88.3 Å². The third-order valence-electron chi connectivity index (χ3n) is 3.32. The SMILES string of the molecule is CCCC(O)CN(C)C1CCCCC1. The Hall–Kier alpha value is -0.0800. The highest BCUT2D eigenvalue weighted by Crippen LogP contribution is 2.21. The van der Waals surface area contributed by atoms with Crippen LogP contribution in [0.3, 0.4) is 0 Å². The predicted molar refractivity (Wildman–Crippen MR) is 60.4 cm³/mol. The Balaban J connectivity index is 2.21. The zero-order chi connectivity index (χ0) is 10.4. The van der Waals surface area contributed by atoms with Crippen LogP contribution in [0.25, 0.3) is 0 Å². The number of nitrogens with zero attached hydrogens (tertiary/aromatic N) is 1. The molecule has 84 valence electrons. The van der Waals surface area contributed by atoms with E-state index in [1.807, 2.05) is 0 Å². The number of aliphatic hydroxyl groups is 1. The van der Waals surface area contributed by atoms with Gasteiger partial charge in [-0.3, -0.25) is 0 Å². The topological polar surface area (TPSA) is 23.5 Å². The molecule has 1 aliphatic rings. The lowest BCUT2D eigenvalue weighted by Crippen LogP contribution is -2.38. The van der Waals surface area contributed by atoms with Crippen molar-refractivity contribution in [3.05, 3.63) is 0 Å². The largest absolute Gasteiger partial charge is 0.392 e. The van der Waals surface area contributed by atoms with Crippen molar-refractivity contribution < 1.29 is 5.11 Å². The first-order valence-corrected chi connectivity index (χ1v) is 6.12. The Kier molecular flexibility index (Phi) is 5.49. The number of hydrogen-bond donors (Lipinski definition) is 1. The number of likely N-dealkylation sites (N-methyl/N-ethyl adjacent to an activating group) is 1. The smallest absolute Gasteiger partial charge is 0.0667 e. The van der Waals surface area contributed by atoms with Gasteiger partial charge < -0.3 is 10.0 Å². The molecule has 0 aromatic carbocycles. The maximum atomic E-state index is 9.71. The first-order chi connectivity index (χ1) is 6.74. The lowest BCUT2D eigenvalue weighted by atomic mass is 9.94. The highest BCUT2D eigenvalue weighted by Gasteiger charge is 2.19. The molecule has 1 unspecified atom stereocenters. The molecule has 0 heterocycles. The lowest BCUT2D eigenvalue weighted by molar-refractivity contribution is 0.0853. The van der Waals surface area contributed by atoms with Gasteiger partial charge in [-0.25, -0.2) is 0 Å². The summed E-state index contributed by atoms with van der Waals surface area (Å²) in [6.45, 7) is 2.99. The van der Waals surface area contributed by atoms with E-state index in [4.69, 9.17) is 0 Å². The van der Waals surface area contributed by atoms with Crippen LogP contribution >= 0.6 is 0 Å². The molecular formula is C12H25NO. The minimum absolute atomic E-state index is 0.119. The van der Waals surface area contributed by atoms with Gasteiger partial charge in [-0.05, 0) is 26.3 Å². The van der Waals surface area contributed by atoms with E-state index in [0.29, 0.717) is 0 Å². The van der Waals surface area contributed by atoms with Crippen LogP contribution in [0, 0.1) is 0 Å². The molecular weight excluding hydrogens is 174 g/mol. The maximum absolute atomic E-state index is 9.71. The van der Waals surface area contributed by atoms with Gasteiger partial charge in [-0.15, -0.1) is 0 Å². The van der Waals surface area contributed by atoms with Crippen LogP contribution in [0.2, 0.25) is 0 Å². The molecule has 0 spiro atoms. The summed E-state index contributed by atoms with van der Waals surface area (Å²) in [7, 11) is 2.16. The van der Waals surface area contributed by atoms with Crippen LogP contribution in [0.5, 0.6) is 0 Å². The molecule has 1 saturated carbocycles. The monoisotopic (exact) mass is 199 g/mol. The average molecular weight is 199 g/mol. The van der Waals surface area contributed by atoms with E-state index in [1.165, 1.54) is 32.1 Å². The molecule has 2 heteroatoms. The molecule has 1 atom stereocenters. The first-order valence-electron chi connectivity index (χ1n) is 6.12. The van der Waals surface area contributed by atoms with Crippen molar-refractivity contribution in [2.45, 2.75) is 64.0 Å². The summed E-state index contributed by atoms with van der Waals surface area (Å²) >= 11 is 0. The first kappa shape index (κ1) is 12.0. The lowest BCUT2D eigenvalue weighted by Gasteiger charge is -2.32. The number of aliphatic hydroxyl groups excluding tert-OH is 1. The Morgan fingerprint density at radius 2 is 1.93 bits per heavy atom. The molecule has 1 fully saturated rings. The fourth-order valence-electron chi connectivity index (χ4n) is 2.43. The van der Waals surface area contributed by atoms with Crippen LogP contribution in [-0.4, -0.2) is 35.7 Å². The van der Waals surface area contributed by atoms with E-state index in [2.05, 4.69) is 18.9 Å². The summed E-state index contributed by atoms with van der Waals surface area (Å²) in [6.07, 6.45) is 8.72. The second kappa shape index (κ2) is 6.41. The van der Waals surface area contributed by atoms with Gasteiger partial charge >= 0.3 is 0 Å². The second-order valence-corrected chi connectivity index (χ2v) is 4.67. The van der Waals surface area contributed by atoms with Crippen LogP contribution in [0.1, 0.15) is 51.9 Å². The van der Waals surface area contributed by atoms with Gasteiger partial charge in [0, 0.05) is 12.6 Å². The molecule has 0 amide bonds. The predicted octanol–water partition coefficient (Wildman–Crippen LogP) is 2.41. The van der Waals surface area contributed by atoms with E-state index >= 15 is 0 Å². The highest BCUT2D eigenvalue weighted by atomic mass is 16.3. The molecule has 14 heavy (non-hydrogen) atoms. The van der Waals surface area contributed by atoms with Crippen LogP contribution in [0.4, 0.5) is 0 Å². The van der Waals surface area contributed by atoms with Gasteiger partial charge in [0.15, 0.2) is 0 Å². The molecule has 0 radical (unpaired) electrons. The van der Waals surface area contributed by atoms with E-state index in [-0.39, 0.29) is 6.10 Å². The molecule has 1 aliphatic carbocycles. The summed E-state index contributed by atoms with van der Waals surface area (Å²) in [5, 5.41) is 9.71. The zero-order valence-electron chi connectivity index (χ0n) is 9.71. The molecule has 1 rings (SSSR count). The van der Waals surface area contributed by atoms with Gasteiger partial charge in [0.25, 0.3) is 0 Å².